The lowest BCUT2D eigenvalue weighted by Crippen LogP contribution is -1.81. The van der Waals surface area contributed by atoms with Gasteiger partial charge in [0.05, 0.1) is 4.47 Å². The summed E-state index contributed by atoms with van der Waals surface area (Å²) in [6.45, 7) is 1.65. The van der Waals surface area contributed by atoms with E-state index in [0.717, 1.165) is 0 Å². The Labute approximate surface area is 95.3 Å². The molecule has 0 aromatic heterocycles. The number of halogens is 2. The van der Waals surface area contributed by atoms with Crippen LogP contribution in [0.2, 0.25) is 5.02 Å². The first-order valence-corrected chi connectivity index (χ1v) is 5.03. The number of carbonyl (C=O) groups excluding carboxylic acids is 1. The van der Waals surface area contributed by atoms with Gasteiger partial charge >= 0.3 is 0 Å². The van der Waals surface area contributed by atoms with Gasteiger partial charge in [-0.1, -0.05) is 11.6 Å². The minimum Gasteiger partial charge on any atom is -0.506 e. The maximum Gasteiger partial charge on any atom is 0.145 e. The van der Waals surface area contributed by atoms with E-state index in [9.17, 15) is 9.90 Å². The van der Waals surface area contributed by atoms with Crippen LogP contribution in [0.1, 0.15) is 12.5 Å². The Morgan fingerprint density at radius 3 is 2.79 bits per heavy atom. The van der Waals surface area contributed by atoms with Gasteiger partial charge in [-0.2, -0.15) is 0 Å². The molecule has 2 nitrogen and oxygen atoms in total. The third-order valence-corrected chi connectivity index (χ3v) is 2.45. The summed E-state index contributed by atoms with van der Waals surface area (Å²) in [5, 5.41) is 10.1. The van der Waals surface area contributed by atoms with E-state index < -0.39 is 0 Å². The monoisotopic (exact) mass is 274 g/mol. The normalized spacial score (nSPS) is 11.5. The highest BCUT2D eigenvalue weighted by Gasteiger charge is 2.05. The Morgan fingerprint density at radius 2 is 2.21 bits per heavy atom. The molecule has 0 atom stereocenters. The van der Waals surface area contributed by atoms with Crippen LogP contribution in [0.5, 0.6) is 5.75 Å². The predicted molar refractivity (Wildman–Crippen MR) is 60.5 cm³/mol. The highest BCUT2D eigenvalue weighted by Crippen LogP contribution is 2.32. The largest absolute Gasteiger partial charge is 0.506 e. The van der Waals surface area contributed by atoms with Crippen LogP contribution in [-0.2, 0) is 4.79 Å². The lowest BCUT2D eigenvalue weighted by atomic mass is 10.1. The zero-order chi connectivity index (χ0) is 10.7. The molecule has 0 heterocycles. The van der Waals surface area contributed by atoms with Crippen molar-refractivity contribution in [2.24, 2.45) is 0 Å². The highest BCUT2D eigenvalue weighted by atomic mass is 79.9. The highest BCUT2D eigenvalue weighted by molar-refractivity contribution is 9.10. The number of carbonyl (C=O) groups is 1. The lowest BCUT2D eigenvalue weighted by Gasteiger charge is -2.03. The molecule has 1 rings (SSSR count). The molecule has 0 aliphatic rings. The van der Waals surface area contributed by atoms with E-state index in [1.54, 1.807) is 25.1 Å². The SMILES string of the molecule is C/C(C=O)=C\c1cc(Cl)cc(Br)c1O. The topological polar surface area (TPSA) is 37.3 Å². The van der Waals surface area contributed by atoms with Crippen LogP contribution in [-0.4, -0.2) is 11.4 Å². The maximum atomic E-state index is 10.4. The molecule has 0 spiro atoms. The van der Waals surface area contributed by atoms with E-state index >= 15 is 0 Å². The van der Waals surface area contributed by atoms with Gasteiger partial charge < -0.3 is 5.11 Å². The van der Waals surface area contributed by atoms with E-state index in [1.807, 2.05) is 0 Å². The van der Waals surface area contributed by atoms with Crippen LogP contribution < -0.4 is 0 Å². The van der Waals surface area contributed by atoms with Crippen molar-refractivity contribution in [1.82, 2.24) is 0 Å². The molecule has 0 saturated heterocycles. The van der Waals surface area contributed by atoms with Crippen LogP contribution in [0.15, 0.2) is 22.2 Å². The second-order valence-corrected chi connectivity index (χ2v) is 4.12. The second-order valence-electron chi connectivity index (χ2n) is 2.83. The Morgan fingerprint density at radius 1 is 1.57 bits per heavy atom. The molecule has 1 N–H and O–H groups in total. The molecular weight excluding hydrogens is 267 g/mol. The van der Waals surface area contributed by atoms with Crippen molar-refractivity contribution in [3.63, 3.8) is 0 Å². The Kier molecular flexibility index (Phi) is 3.72. The molecular formula is C10H8BrClO2. The van der Waals surface area contributed by atoms with Crippen LogP contribution >= 0.6 is 27.5 Å². The number of allylic oxidation sites excluding steroid dienone is 1. The van der Waals surface area contributed by atoms with Gasteiger partial charge in [0.15, 0.2) is 0 Å². The number of aromatic hydroxyl groups is 1. The number of benzene rings is 1. The van der Waals surface area contributed by atoms with Crippen LogP contribution in [0.4, 0.5) is 0 Å². The fourth-order valence-electron chi connectivity index (χ4n) is 0.975. The molecule has 0 aliphatic heterocycles. The Hall–Kier alpha value is -0.800. The van der Waals surface area contributed by atoms with Crippen molar-refractivity contribution in [2.45, 2.75) is 6.92 Å². The lowest BCUT2D eigenvalue weighted by molar-refractivity contribution is -0.104. The molecule has 0 radical (unpaired) electrons. The molecule has 14 heavy (non-hydrogen) atoms. The van der Waals surface area contributed by atoms with Gasteiger partial charge in [-0.15, -0.1) is 0 Å². The summed E-state index contributed by atoms with van der Waals surface area (Å²) in [6.07, 6.45) is 2.28. The van der Waals surface area contributed by atoms with Crippen LogP contribution in [0.25, 0.3) is 6.08 Å². The summed E-state index contributed by atoms with van der Waals surface area (Å²) in [7, 11) is 0. The summed E-state index contributed by atoms with van der Waals surface area (Å²) in [5.74, 6) is 0.0793. The Balaban J connectivity index is 3.27. The van der Waals surface area contributed by atoms with E-state index in [0.29, 0.717) is 26.9 Å². The van der Waals surface area contributed by atoms with Gasteiger partial charge in [0, 0.05) is 10.6 Å². The minimum absolute atomic E-state index is 0.0793. The third-order valence-electron chi connectivity index (χ3n) is 1.63. The number of phenols is 1. The average molecular weight is 276 g/mol. The first kappa shape index (κ1) is 11.3. The Bertz CT molecular complexity index is 399. The molecule has 0 aliphatic carbocycles. The van der Waals surface area contributed by atoms with E-state index in [-0.39, 0.29) is 5.75 Å². The van der Waals surface area contributed by atoms with Crippen molar-refractivity contribution < 1.29 is 9.90 Å². The molecule has 0 unspecified atom stereocenters. The van der Waals surface area contributed by atoms with E-state index in [2.05, 4.69) is 15.9 Å². The number of hydrogen-bond acceptors (Lipinski definition) is 2. The van der Waals surface area contributed by atoms with Gasteiger partial charge in [-0.05, 0) is 46.6 Å². The van der Waals surface area contributed by atoms with Gasteiger partial charge in [-0.25, -0.2) is 0 Å². The van der Waals surface area contributed by atoms with Crippen molar-refractivity contribution in [2.75, 3.05) is 0 Å². The average Bonchev–Trinajstić information content (AvgIpc) is 2.13. The molecule has 0 bridgehead atoms. The summed E-state index contributed by atoms with van der Waals surface area (Å²) in [4.78, 5) is 10.4. The molecule has 1 aromatic carbocycles. The summed E-state index contributed by atoms with van der Waals surface area (Å²) < 4.78 is 0.509. The first-order valence-electron chi connectivity index (χ1n) is 3.86. The molecule has 1 aromatic rings. The zero-order valence-electron chi connectivity index (χ0n) is 7.42. The minimum atomic E-state index is 0.0793. The second kappa shape index (κ2) is 4.62. The van der Waals surface area contributed by atoms with Gasteiger partial charge in [-0.3, -0.25) is 4.79 Å². The smallest absolute Gasteiger partial charge is 0.145 e. The van der Waals surface area contributed by atoms with Crippen molar-refractivity contribution in [1.29, 1.82) is 0 Å². The number of aldehydes is 1. The number of rotatable bonds is 2. The predicted octanol–water partition coefficient (Wildman–Crippen LogP) is 3.41. The molecule has 0 amide bonds. The zero-order valence-corrected chi connectivity index (χ0v) is 9.76. The molecule has 0 saturated carbocycles. The first-order chi connectivity index (χ1) is 6.54. The van der Waals surface area contributed by atoms with Crippen molar-refractivity contribution in [3.05, 3.63) is 32.8 Å². The maximum absolute atomic E-state index is 10.4. The van der Waals surface area contributed by atoms with E-state index in [4.69, 9.17) is 11.6 Å². The molecule has 4 heteroatoms. The van der Waals surface area contributed by atoms with Gasteiger partial charge in [0.25, 0.3) is 0 Å². The van der Waals surface area contributed by atoms with Crippen LogP contribution in [0, 0.1) is 0 Å². The summed E-state index contributed by atoms with van der Waals surface area (Å²) in [5.41, 5.74) is 1.04. The number of hydrogen-bond donors (Lipinski definition) is 1. The van der Waals surface area contributed by atoms with Crippen molar-refractivity contribution >= 4 is 39.9 Å². The van der Waals surface area contributed by atoms with Crippen LogP contribution in [0.3, 0.4) is 0 Å². The van der Waals surface area contributed by atoms with Gasteiger partial charge in [0.2, 0.25) is 0 Å². The molecule has 0 fully saturated rings. The third kappa shape index (κ3) is 2.59. The standard InChI is InChI=1S/C10H8BrClO2/c1-6(5-13)2-7-3-8(12)4-9(11)10(7)14/h2-5,14H,1H3/b6-2+. The van der Waals surface area contributed by atoms with E-state index in [1.165, 1.54) is 0 Å². The fraction of sp³-hybridized carbons (Fsp3) is 0.100. The number of phenolic OH excluding ortho intramolecular Hbond substituents is 1. The van der Waals surface area contributed by atoms with Gasteiger partial charge in [0.1, 0.15) is 12.0 Å². The summed E-state index contributed by atoms with van der Waals surface area (Å²) in [6, 6.07) is 3.18. The quantitative estimate of drug-likeness (QED) is 0.663. The van der Waals surface area contributed by atoms with Crippen molar-refractivity contribution in [3.8, 4) is 5.75 Å². The fourth-order valence-corrected chi connectivity index (χ4v) is 1.81. The molecule has 74 valence electrons. The summed E-state index contributed by atoms with van der Waals surface area (Å²) >= 11 is 8.95.